The van der Waals surface area contributed by atoms with E-state index in [1.54, 1.807) is 0 Å². The summed E-state index contributed by atoms with van der Waals surface area (Å²) in [6.07, 6.45) is -8.65. The molecule has 1 rings (SSSR count). The Morgan fingerprint density at radius 3 is 1.02 bits per heavy atom. The van der Waals surface area contributed by atoms with Gasteiger partial charge in [-0.25, -0.2) is 0 Å². The van der Waals surface area contributed by atoms with E-state index in [4.69, 9.17) is 0 Å². The predicted molar refractivity (Wildman–Crippen MR) is 95.6 cm³/mol. The Morgan fingerprint density at radius 2 is 0.738 bits per heavy atom. The van der Waals surface area contributed by atoms with Gasteiger partial charge in [0.15, 0.2) is 0 Å². The molecule has 0 amide bonds. The van der Waals surface area contributed by atoms with Crippen molar-refractivity contribution in [2.24, 2.45) is 0 Å². The van der Waals surface area contributed by atoms with Gasteiger partial charge in [0.25, 0.3) is 0 Å². The van der Waals surface area contributed by atoms with Gasteiger partial charge in [-0.2, -0.15) is 0 Å². The van der Waals surface area contributed by atoms with Crippen molar-refractivity contribution in [3.8, 4) is 0 Å². The number of hydrogen-bond donors (Lipinski definition) is 0. The number of hydrogen-bond acceptors (Lipinski definition) is 3. The molecule has 1 aromatic carbocycles. The zero-order valence-corrected chi connectivity index (χ0v) is 21.3. The van der Waals surface area contributed by atoms with E-state index in [1.807, 2.05) is 0 Å². The fourth-order valence-electron chi connectivity index (χ4n) is 2.29. The molecule has 0 aromatic heterocycles. The van der Waals surface area contributed by atoms with Gasteiger partial charge in [0.1, 0.15) is 0 Å². The van der Waals surface area contributed by atoms with Gasteiger partial charge in [-0.05, 0) is 0 Å². The number of halogens is 23. The molecule has 0 unspecified atom stereocenters. The van der Waals surface area contributed by atoms with Crippen LogP contribution in [0.5, 0.6) is 0 Å². The third-order valence-electron chi connectivity index (χ3n) is 4.40. The van der Waals surface area contributed by atoms with Crippen molar-refractivity contribution >= 4 is 30.4 Å². The minimum atomic E-state index is -9.17. The summed E-state index contributed by atoms with van der Waals surface area (Å²) in [6.45, 7) is 0. The van der Waals surface area contributed by atoms with Gasteiger partial charge in [-0.15, -0.1) is 0 Å². The second-order valence-corrected chi connectivity index (χ2v) is 13.8. The summed E-state index contributed by atoms with van der Waals surface area (Å²) in [5, 5.41) is 0. The second-order valence-electron chi connectivity index (χ2n) is 7.34. The molecule has 1 aromatic rings. The predicted octanol–water partition coefficient (Wildman–Crippen LogP) is 7.92. The molecule has 248 valence electrons. The zero-order chi connectivity index (χ0) is 34.2. The molecule has 0 fully saturated rings. The average Bonchev–Trinajstić information content (AvgIpc) is 2.78. The Kier molecular flexibility index (Phi) is 9.54. The van der Waals surface area contributed by atoms with Gasteiger partial charge in [0.2, 0.25) is 0 Å². The third kappa shape index (κ3) is 5.30. The van der Waals surface area contributed by atoms with E-state index in [0.717, 1.165) is 0 Å². The molecule has 0 saturated carbocycles. The molecule has 0 saturated heterocycles. The first-order valence-corrected chi connectivity index (χ1v) is 13.7. The number of benzene rings is 1. The third-order valence-corrected chi connectivity index (χ3v) is 11.6. The number of rotatable bonds is 10. The van der Waals surface area contributed by atoms with Crippen molar-refractivity contribution < 1.29 is 108 Å². The molecule has 0 bridgehead atoms. The van der Waals surface area contributed by atoms with Gasteiger partial charge < -0.3 is 0 Å². The van der Waals surface area contributed by atoms with Crippen LogP contribution in [0.2, 0.25) is 0 Å². The summed E-state index contributed by atoms with van der Waals surface area (Å²) in [5.41, 5.74) is 0. The quantitative estimate of drug-likeness (QED) is 0.0795. The first-order chi connectivity index (χ1) is 18.0. The summed E-state index contributed by atoms with van der Waals surface area (Å²) in [5.74, 6) is -71.3. The Bertz CT molecular complexity index is 1290. The zero-order valence-electron chi connectivity index (χ0n) is 18.3. The minimum absolute atomic E-state index is 0.599. The summed E-state index contributed by atoms with van der Waals surface area (Å²) in [4.78, 5) is 0. The summed E-state index contributed by atoms with van der Waals surface area (Å²) in [6, 6.07) is 0. The van der Waals surface area contributed by atoms with Gasteiger partial charge in [-0.1, -0.05) is 0 Å². The van der Waals surface area contributed by atoms with Crippen LogP contribution >= 0.6 is 20.2 Å². The van der Waals surface area contributed by atoms with Crippen LogP contribution in [0, 0.1) is 32.7 Å². The molecule has 0 radical (unpaired) electrons. The average molecular weight is 808 g/mol. The Hall–Kier alpha value is -1.68. The van der Waals surface area contributed by atoms with Crippen LogP contribution < -0.4 is 0 Å². The first kappa shape index (κ1) is 38.3. The van der Waals surface area contributed by atoms with Crippen LogP contribution in [-0.2, 0) is 12.6 Å². The SMILES string of the molecule is CS(=O)(=O)OI(c1c(F)c(F)c(F)c(F)c1F)C(F)(F)C(F)(F)C(F)(F)C(F)(F)C(F)(F)C(F)(F)C(F)(F)C(F)(F)F. The van der Waals surface area contributed by atoms with Gasteiger partial charge in [0, 0.05) is 0 Å². The Morgan fingerprint density at radius 1 is 0.476 bits per heavy atom. The van der Waals surface area contributed by atoms with Crippen molar-refractivity contribution in [3.63, 3.8) is 0 Å². The maximum absolute atomic E-state index is 14.6. The molecule has 0 N–H and O–H groups in total. The fourth-order valence-corrected chi connectivity index (χ4v) is 8.80. The van der Waals surface area contributed by atoms with Crippen molar-refractivity contribution in [1.82, 2.24) is 0 Å². The normalized spacial score (nSPS) is 15.7. The van der Waals surface area contributed by atoms with Crippen molar-refractivity contribution in [1.29, 1.82) is 0 Å². The van der Waals surface area contributed by atoms with Gasteiger partial charge in [-0.3, -0.25) is 0 Å². The van der Waals surface area contributed by atoms with E-state index in [0.29, 0.717) is 0 Å². The molecule has 27 heteroatoms. The maximum atomic E-state index is 14.6. The first-order valence-electron chi connectivity index (χ1n) is 8.85. The summed E-state index contributed by atoms with van der Waals surface area (Å²) >= 11 is -7.93. The van der Waals surface area contributed by atoms with Crippen molar-refractivity contribution in [2.75, 3.05) is 6.26 Å². The van der Waals surface area contributed by atoms with E-state index < -0.39 is 115 Å². The van der Waals surface area contributed by atoms with Crippen LogP contribution in [0.15, 0.2) is 0 Å². The van der Waals surface area contributed by atoms with E-state index in [-0.39, 0.29) is 0 Å². The van der Waals surface area contributed by atoms with Crippen LogP contribution in [0.1, 0.15) is 0 Å². The molecular weight excluding hydrogens is 805 g/mol. The van der Waals surface area contributed by atoms with Crippen LogP contribution in [0.25, 0.3) is 0 Å². The molecule has 0 aliphatic heterocycles. The van der Waals surface area contributed by atoms with E-state index >= 15 is 0 Å². The molecule has 0 spiro atoms. The molecule has 0 atom stereocenters. The van der Waals surface area contributed by atoms with E-state index in [1.165, 1.54) is 0 Å². The standard InChI is InChI=1S/C15H3F22IO3S/c1-42(39,40)41-38(7-5(19)3(17)2(16)4(18)6(7)20)15(36,37)13(31,32)11(27,28)9(23,24)8(21,22)10(25,26)12(29,30)14(33,34)35/h1H3. The molecule has 0 aliphatic carbocycles. The van der Waals surface area contributed by atoms with Crippen LogP contribution in [-0.4, -0.2) is 60.3 Å². The summed E-state index contributed by atoms with van der Waals surface area (Å²) < 4.78 is 311. The second kappa shape index (κ2) is 10.5. The Labute approximate surface area is 222 Å². The van der Waals surface area contributed by atoms with Crippen LogP contribution in [0.3, 0.4) is 0 Å². The molecule has 0 aliphatic rings. The monoisotopic (exact) mass is 808 g/mol. The fraction of sp³-hybridized carbons (Fsp3) is 0.600. The summed E-state index contributed by atoms with van der Waals surface area (Å²) in [7, 11) is -6.09. The van der Waals surface area contributed by atoms with E-state index in [2.05, 4.69) is 2.51 Å². The van der Waals surface area contributed by atoms with Gasteiger partial charge >= 0.3 is 222 Å². The molecule has 3 nitrogen and oxygen atoms in total. The number of alkyl halides is 18. The van der Waals surface area contributed by atoms with Crippen molar-refractivity contribution in [2.45, 2.75) is 45.6 Å². The topological polar surface area (TPSA) is 43.4 Å². The van der Waals surface area contributed by atoms with E-state index in [9.17, 15) is 105 Å². The molecular formula is C15H3F22IO3S. The van der Waals surface area contributed by atoms with Crippen LogP contribution in [0.4, 0.5) is 96.6 Å². The Balaban J connectivity index is 4.13. The molecule has 42 heavy (non-hydrogen) atoms. The van der Waals surface area contributed by atoms with Crippen molar-refractivity contribution in [3.05, 3.63) is 32.7 Å². The van der Waals surface area contributed by atoms with Gasteiger partial charge in [0.05, 0.1) is 0 Å². The molecule has 0 heterocycles.